The second kappa shape index (κ2) is 3.87. The second-order valence-corrected chi connectivity index (χ2v) is 6.17. The Hall–Kier alpha value is 0. The van der Waals surface area contributed by atoms with Gasteiger partial charge in [-0.3, -0.25) is 0 Å². The Morgan fingerprint density at radius 1 is 1.21 bits per heavy atom. The first-order valence-electron chi connectivity index (χ1n) is 6.67. The van der Waals surface area contributed by atoms with Crippen molar-refractivity contribution in [1.29, 1.82) is 0 Å². The SMILES string of the molecule is CCC1CCC2(CCC2)CC1C(C)C. The lowest BCUT2D eigenvalue weighted by Crippen LogP contribution is -2.40. The lowest BCUT2D eigenvalue weighted by Gasteiger charge is -2.51. The molecule has 0 N–H and O–H groups in total. The molecule has 0 heterocycles. The third-order valence-electron chi connectivity index (χ3n) is 5.11. The van der Waals surface area contributed by atoms with Gasteiger partial charge >= 0.3 is 0 Å². The maximum Gasteiger partial charge on any atom is -0.0295 e. The molecule has 0 heteroatoms. The van der Waals surface area contributed by atoms with E-state index in [2.05, 4.69) is 20.8 Å². The Bertz CT molecular complexity index is 188. The van der Waals surface area contributed by atoms with Crippen molar-refractivity contribution in [3.05, 3.63) is 0 Å². The molecule has 0 radical (unpaired) electrons. The molecule has 0 aromatic rings. The van der Waals surface area contributed by atoms with E-state index in [4.69, 9.17) is 0 Å². The molecule has 1 spiro atoms. The maximum absolute atomic E-state index is 2.44. The topological polar surface area (TPSA) is 0 Å². The minimum atomic E-state index is 0.834. The van der Waals surface area contributed by atoms with Crippen LogP contribution >= 0.6 is 0 Å². The van der Waals surface area contributed by atoms with Gasteiger partial charge in [-0.2, -0.15) is 0 Å². The summed E-state index contributed by atoms with van der Waals surface area (Å²) in [5, 5.41) is 0. The van der Waals surface area contributed by atoms with E-state index >= 15 is 0 Å². The Labute approximate surface area is 89.5 Å². The molecule has 0 saturated heterocycles. The van der Waals surface area contributed by atoms with E-state index in [1.165, 1.54) is 19.3 Å². The molecule has 0 bridgehead atoms. The largest absolute Gasteiger partial charge is 0.0651 e. The Balaban J connectivity index is 2.01. The van der Waals surface area contributed by atoms with Crippen molar-refractivity contribution >= 4 is 0 Å². The van der Waals surface area contributed by atoms with Gasteiger partial charge in [0.05, 0.1) is 0 Å². The van der Waals surface area contributed by atoms with Crippen LogP contribution in [0, 0.1) is 23.2 Å². The Kier molecular flexibility index (Phi) is 2.91. The van der Waals surface area contributed by atoms with E-state index in [9.17, 15) is 0 Å². The zero-order valence-corrected chi connectivity index (χ0v) is 10.2. The van der Waals surface area contributed by atoms with Crippen molar-refractivity contribution < 1.29 is 0 Å². The lowest BCUT2D eigenvalue weighted by molar-refractivity contribution is -0.00161. The molecule has 2 saturated carbocycles. The van der Waals surface area contributed by atoms with Gasteiger partial charge in [-0.1, -0.05) is 33.6 Å². The van der Waals surface area contributed by atoms with Crippen molar-refractivity contribution in [2.75, 3.05) is 0 Å². The third-order valence-corrected chi connectivity index (χ3v) is 5.11. The molecule has 0 amide bonds. The van der Waals surface area contributed by atoms with Gasteiger partial charge < -0.3 is 0 Å². The molecule has 0 aliphatic heterocycles. The number of hydrogen-bond acceptors (Lipinski definition) is 0. The van der Waals surface area contributed by atoms with Crippen LogP contribution in [0.15, 0.2) is 0 Å². The minimum Gasteiger partial charge on any atom is -0.0651 e. The average Bonchev–Trinajstić information content (AvgIpc) is 2.14. The summed E-state index contributed by atoms with van der Waals surface area (Å²) >= 11 is 0. The van der Waals surface area contributed by atoms with Crippen LogP contribution in [-0.4, -0.2) is 0 Å². The molecule has 0 aromatic heterocycles. The molecule has 14 heavy (non-hydrogen) atoms. The van der Waals surface area contributed by atoms with Crippen molar-refractivity contribution in [3.8, 4) is 0 Å². The fourth-order valence-corrected chi connectivity index (χ4v) is 3.89. The van der Waals surface area contributed by atoms with Crippen LogP contribution < -0.4 is 0 Å². The van der Waals surface area contributed by atoms with Gasteiger partial charge in [0.1, 0.15) is 0 Å². The van der Waals surface area contributed by atoms with E-state index in [0.29, 0.717) is 0 Å². The summed E-state index contributed by atoms with van der Waals surface area (Å²) in [7, 11) is 0. The highest BCUT2D eigenvalue weighted by atomic mass is 14.5. The predicted molar refractivity (Wildman–Crippen MR) is 62.2 cm³/mol. The third kappa shape index (κ3) is 1.73. The molecule has 2 aliphatic carbocycles. The number of rotatable bonds is 2. The van der Waals surface area contributed by atoms with Gasteiger partial charge in [-0.25, -0.2) is 0 Å². The second-order valence-electron chi connectivity index (χ2n) is 6.17. The fraction of sp³-hybridized carbons (Fsp3) is 1.00. The lowest BCUT2D eigenvalue weighted by atomic mass is 9.54. The Morgan fingerprint density at radius 3 is 2.36 bits per heavy atom. The molecular formula is C14H26. The van der Waals surface area contributed by atoms with Crippen LogP contribution in [-0.2, 0) is 0 Å². The van der Waals surface area contributed by atoms with Gasteiger partial charge in [0.25, 0.3) is 0 Å². The normalized spacial score (nSPS) is 36.0. The van der Waals surface area contributed by atoms with Gasteiger partial charge in [0, 0.05) is 0 Å². The van der Waals surface area contributed by atoms with E-state index in [-0.39, 0.29) is 0 Å². The van der Waals surface area contributed by atoms with E-state index < -0.39 is 0 Å². The van der Waals surface area contributed by atoms with Gasteiger partial charge in [0.15, 0.2) is 0 Å². The van der Waals surface area contributed by atoms with Crippen molar-refractivity contribution in [1.82, 2.24) is 0 Å². The highest BCUT2D eigenvalue weighted by Gasteiger charge is 2.44. The Morgan fingerprint density at radius 2 is 1.93 bits per heavy atom. The predicted octanol–water partition coefficient (Wildman–Crippen LogP) is 4.64. The average molecular weight is 194 g/mol. The molecule has 2 atom stereocenters. The van der Waals surface area contributed by atoms with Crippen molar-refractivity contribution in [3.63, 3.8) is 0 Å². The maximum atomic E-state index is 2.44. The van der Waals surface area contributed by atoms with Crippen molar-refractivity contribution in [2.45, 2.75) is 65.7 Å². The minimum absolute atomic E-state index is 0.834. The first-order chi connectivity index (χ1) is 6.67. The monoisotopic (exact) mass is 194 g/mol. The molecule has 0 nitrogen and oxygen atoms in total. The summed E-state index contributed by atoms with van der Waals surface area (Å²) in [5.74, 6) is 2.99. The van der Waals surface area contributed by atoms with Crippen LogP contribution in [0.25, 0.3) is 0 Å². The summed E-state index contributed by atoms with van der Waals surface area (Å²) in [4.78, 5) is 0. The molecule has 2 aliphatic rings. The van der Waals surface area contributed by atoms with E-state index in [1.54, 1.807) is 25.7 Å². The van der Waals surface area contributed by atoms with Crippen LogP contribution in [0.1, 0.15) is 65.7 Å². The molecular weight excluding hydrogens is 168 g/mol. The van der Waals surface area contributed by atoms with E-state index in [0.717, 1.165) is 23.2 Å². The summed E-state index contributed by atoms with van der Waals surface area (Å²) in [5.41, 5.74) is 0.834. The highest BCUT2D eigenvalue weighted by molar-refractivity contribution is 4.95. The summed E-state index contributed by atoms with van der Waals surface area (Å²) in [6, 6.07) is 0. The zero-order valence-electron chi connectivity index (χ0n) is 10.2. The van der Waals surface area contributed by atoms with Crippen molar-refractivity contribution in [2.24, 2.45) is 23.2 Å². The summed E-state index contributed by atoms with van der Waals surface area (Å²) in [6.45, 7) is 7.26. The molecule has 2 fully saturated rings. The molecule has 0 aromatic carbocycles. The van der Waals surface area contributed by atoms with Crippen LogP contribution in [0.4, 0.5) is 0 Å². The van der Waals surface area contributed by atoms with Gasteiger partial charge in [0.2, 0.25) is 0 Å². The van der Waals surface area contributed by atoms with Crippen LogP contribution in [0.5, 0.6) is 0 Å². The standard InChI is InChI=1S/C14H26/c1-4-12-6-9-14(7-5-8-14)10-13(12)11(2)3/h11-13H,4-10H2,1-3H3. The zero-order chi connectivity index (χ0) is 10.2. The summed E-state index contributed by atoms with van der Waals surface area (Å²) < 4.78 is 0. The first kappa shape index (κ1) is 10.5. The van der Waals surface area contributed by atoms with Gasteiger partial charge in [-0.15, -0.1) is 0 Å². The molecule has 82 valence electrons. The smallest absolute Gasteiger partial charge is 0.0295 e. The van der Waals surface area contributed by atoms with Crippen LogP contribution in [0.3, 0.4) is 0 Å². The van der Waals surface area contributed by atoms with E-state index in [1.807, 2.05) is 0 Å². The quantitative estimate of drug-likeness (QED) is 0.601. The van der Waals surface area contributed by atoms with Gasteiger partial charge in [-0.05, 0) is 55.3 Å². The first-order valence-corrected chi connectivity index (χ1v) is 6.67. The number of hydrogen-bond donors (Lipinski definition) is 0. The summed E-state index contributed by atoms with van der Waals surface area (Å²) in [6.07, 6.45) is 10.7. The highest BCUT2D eigenvalue weighted by Crippen LogP contribution is 2.56. The van der Waals surface area contributed by atoms with Crippen LogP contribution in [0.2, 0.25) is 0 Å². The fourth-order valence-electron chi connectivity index (χ4n) is 3.89. The molecule has 2 unspecified atom stereocenters. The molecule has 2 rings (SSSR count).